The van der Waals surface area contributed by atoms with E-state index in [1.54, 1.807) is 7.11 Å². The van der Waals surface area contributed by atoms with Crippen molar-refractivity contribution in [3.8, 4) is 28.7 Å². The maximum Gasteiger partial charge on any atom is 0.203 e. The van der Waals surface area contributed by atoms with Gasteiger partial charge in [0.05, 0.1) is 33.5 Å². The summed E-state index contributed by atoms with van der Waals surface area (Å²) in [6.45, 7) is 38.1. The molecule has 472 valence electrons. The molecule has 0 heterocycles. The summed E-state index contributed by atoms with van der Waals surface area (Å²) in [5, 5.41) is 10.2. The molecule has 9 unspecified atom stereocenters. The van der Waals surface area contributed by atoms with Crippen molar-refractivity contribution in [3.63, 3.8) is 0 Å². The number of hydrogen-bond acceptors (Lipinski definition) is 6. The SMILES string of the molecule is COc1ccc(CO)c(OCc2cc(OCCC(C)CCCC(C)CCCC(C)CCCC(C)C)c(OCCC(C)CCCC(C)CCCC(C)CCCC(C)C)c(OCCC(C)CCCC(C)CCCC(C)CCCC(C)C)c2)c1. The average molecular weight is 1130 g/mol. The fourth-order valence-electron chi connectivity index (χ4n) is 12.1. The lowest BCUT2D eigenvalue weighted by Gasteiger charge is -2.21. The van der Waals surface area contributed by atoms with Crippen LogP contribution in [0.25, 0.3) is 0 Å². The molecule has 0 radical (unpaired) electrons. The Morgan fingerprint density at radius 3 is 0.889 bits per heavy atom. The van der Waals surface area contributed by atoms with E-state index in [-0.39, 0.29) is 13.2 Å². The quantitative estimate of drug-likeness (QED) is 0.0712. The summed E-state index contributed by atoms with van der Waals surface area (Å²) < 4.78 is 32.6. The van der Waals surface area contributed by atoms with E-state index >= 15 is 0 Å². The third-order valence-corrected chi connectivity index (χ3v) is 18.3. The van der Waals surface area contributed by atoms with Crippen LogP contribution in [0.1, 0.15) is 308 Å². The minimum absolute atomic E-state index is 0.117. The topological polar surface area (TPSA) is 66.4 Å². The number of aliphatic hydroxyl groups is 1. The minimum atomic E-state index is -0.117. The first-order valence-electron chi connectivity index (χ1n) is 34.7. The van der Waals surface area contributed by atoms with Crippen molar-refractivity contribution in [2.75, 3.05) is 26.9 Å². The lowest BCUT2D eigenvalue weighted by molar-refractivity contribution is 0.214. The Bertz CT molecular complexity index is 1720. The fourth-order valence-corrected chi connectivity index (χ4v) is 12.1. The van der Waals surface area contributed by atoms with Gasteiger partial charge in [0.2, 0.25) is 5.75 Å². The molecule has 9 atom stereocenters. The van der Waals surface area contributed by atoms with Crippen molar-refractivity contribution in [1.29, 1.82) is 0 Å². The molecule has 0 aliphatic rings. The maximum absolute atomic E-state index is 10.2. The zero-order valence-electron chi connectivity index (χ0n) is 56.6. The number of aliphatic hydroxyl groups excluding tert-OH is 1. The highest BCUT2D eigenvalue weighted by atomic mass is 16.5. The molecular weight excluding hydrogens is 997 g/mol. The molecule has 0 aliphatic heterocycles. The summed E-state index contributed by atoms with van der Waals surface area (Å²) in [6.07, 6.45) is 39.1. The van der Waals surface area contributed by atoms with Crippen LogP contribution in [0.5, 0.6) is 28.7 Å². The number of rotatable bonds is 53. The van der Waals surface area contributed by atoms with Gasteiger partial charge in [0.15, 0.2) is 11.5 Å². The number of benzene rings is 2. The average Bonchev–Trinajstić information content (AvgIpc) is 3.41. The summed E-state index contributed by atoms with van der Waals surface area (Å²) in [5.74, 6) is 12.6. The van der Waals surface area contributed by atoms with E-state index in [1.807, 2.05) is 18.2 Å². The highest BCUT2D eigenvalue weighted by Gasteiger charge is 2.20. The van der Waals surface area contributed by atoms with Crippen molar-refractivity contribution in [2.45, 2.75) is 310 Å². The molecule has 0 bridgehead atoms. The van der Waals surface area contributed by atoms with Gasteiger partial charge in [0.1, 0.15) is 18.1 Å². The Morgan fingerprint density at radius 1 is 0.321 bits per heavy atom. The lowest BCUT2D eigenvalue weighted by Crippen LogP contribution is -2.11. The van der Waals surface area contributed by atoms with Gasteiger partial charge in [0, 0.05) is 11.6 Å². The van der Waals surface area contributed by atoms with Gasteiger partial charge < -0.3 is 28.8 Å². The van der Waals surface area contributed by atoms with Crippen LogP contribution in [0.2, 0.25) is 0 Å². The molecule has 0 aliphatic carbocycles. The molecule has 2 aromatic carbocycles. The molecule has 0 saturated heterocycles. The Kier molecular flexibility index (Phi) is 42.1. The molecule has 0 amide bonds. The number of hydrogen-bond donors (Lipinski definition) is 1. The Hall–Kier alpha value is -2.60. The van der Waals surface area contributed by atoms with Gasteiger partial charge in [-0.15, -0.1) is 0 Å². The molecule has 0 fully saturated rings. The van der Waals surface area contributed by atoms with Crippen molar-refractivity contribution >= 4 is 0 Å². The Morgan fingerprint density at radius 2 is 0.605 bits per heavy atom. The molecule has 0 spiro atoms. The lowest BCUT2D eigenvalue weighted by atomic mass is 9.91. The summed E-state index contributed by atoms with van der Waals surface area (Å²) >= 11 is 0. The predicted molar refractivity (Wildman–Crippen MR) is 352 cm³/mol. The molecule has 0 saturated carbocycles. The van der Waals surface area contributed by atoms with Crippen LogP contribution in [-0.2, 0) is 13.2 Å². The summed E-state index contributed by atoms with van der Waals surface area (Å²) in [5.41, 5.74) is 1.67. The summed E-state index contributed by atoms with van der Waals surface area (Å²) in [6, 6.07) is 9.79. The second-order valence-electron chi connectivity index (χ2n) is 28.8. The first kappa shape index (κ1) is 74.5. The summed E-state index contributed by atoms with van der Waals surface area (Å²) in [4.78, 5) is 0. The molecule has 2 rings (SSSR count). The Balaban J connectivity index is 2.18. The van der Waals surface area contributed by atoms with Crippen LogP contribution in [0.3, 0.4) is 0 Å². The monoisotopic (exact) mass is 1130 g/mol. The zero-order chi connectivity index (χ0) is 59.8. The third-order valence-electron chi connectivity index (χ3n) is 18.3. The van der Waals surface area contributed by atoms with Gasteiger partial charge in [-0.1, -0.05) is 277 Å². The molecule has 2 aromatic rings. The van der Waals surface area contributed by atoms with Crippen molar-refractivity contribution < 1.29 is 28.8 Å². The van der Waals surface area contributed by atoms with E-state index in [4.69, 9.17) is 23.7 Å². The highest BCUT2D eigenvalue weighted by molar-refractivity contribution is 5.54. The third kappa shape index (κ3) is 38.1. The van der Waals surface area contributed by atoms with Crippen LogP contribution < -0.4 is 23.7 Å². The molecule has 81 heavy (non-hydrogen) atoms. The molecular formula is C75H136O6. The van der Waals surface area contributed by atoms with Crippen molar-refractivity contribution in [1.82, 2.24) is 0 Å². The standard InChI is InChI=1S/C75H136O6/c1-57(2)26-17-29-60(7)32-20-35-63(10)38-23-41-66(13)46-49-78-73-52-69(56-81-72-54-71(77-16)45-44-70(72)55-76)53-74(79-50-47-67(14)42-24-39-64(11)36-21-33-61(8)30-18-27-58(3)4)75(73)80-51-48-68(15)43-25-40-65(12)37-22-34-62(9)31-19-28-59(5)6/h44-45,52-54,57-68,76H,17-43,46-51,55-56H2,1-16H3. The normalized spacial score (nSPS) is 15.4. The summed E-state index contributed by atoms with van der Waals surface area (Å²) in [7, 11) is 1.66. The molecule has 1 N–H and O–H groups in total. The van der Waals surface area contributed by atoms with Crippen LogP contribution in [-0.4, -0.2) is 32.0 Å². The molecule has 6 nitrogen and oxygen atoms in total. The van der Waals surface area contributed by atoms with Gasteiger partial charge >= 0.3 is 0 Å². The molecule has 6 heteroatoms. The predicted octanol–water partition coefficient (Wildman–Crippen LogP) is 23.3. The smallest absolute Gasteiger partial charge is 0.203 e. The van der Waals surface area contributed by atoms with E-state index in [0.29, 0.717) is 49.1 Å². The largest absolute Gasteiger partial charge is 0.497 e. The number of ether oxygens (including phenoxy) is 5. The first-order chi connectivity index (χ1) is 38.8. The fraction of sp³-hybridized carbons (Fsp3) is 0.840. The molecule has 0 aromatic heterocycles. The first-order valence-corrected chi connectivity index (χ1v) is 34.7. The van der Waals surface area contributed by atoms with E-state index in [2.05, 4.69) is 116 Å². The van der Waals surface area contributed by atoms with E-state index in [0.717, 1.165) is 101 Å². The second-order valence-corrected chi connectivity index (χ2v) is 28.8. The van der Waals surface area contributed by atoms with Gasteiger partial charge in [0.25, 0.3) is 0 Å². The zero-order valence-corrected chi connectivity index (χ0v) is 56.6. The number of methoxy groups -OCH3 is 1. The minimum Gasteiger partial charge on any atom is -0.497 e. The maximum atomic E-state index is 10.2. The van der Waals surface area contributed by atoms with Crippen LogP contribution in [0, 0.1) is 71.0 Å². The van der Waals surface area contributed by atoms with Gasteiger partial charge in [-0.3, -0.25) is 0 Å². The van der Waals surface area contributed by atoms with Gasteiger partial charge in [-0.2, -0.15) is 0 Å². The van der Waals surface area contributed by atoms with Crippen LogP contribution in [0.15, 0.2) is 30.3 Å². The van der Waals surface area contributed by atoms with Gasteiger partial charge in [-0.25, -0.2) is 0 Å². The van der Waals surface area contributed by atoms with Crippen LogP contribution >= 0.6 is 0 Å². The second kappa shape index (κ2) is 45.7. The Labute approximate surface area is 504 Å². The van der Waals surface area contributed by atoms with E-state index in [1.165, 1.54) is 173 Å². The van der Waals surface area contributed by atoms with Crippen LogP contribution in [0.4, 0.5) is 0 Å². The van der Waals surface area contributed by atoms with E-state index < -0.39 is 0 Å². The van der Waals surface area contributed by atoms with Crippen molar-refractivity contribution in [2.24, 2.45) is 71.0 Å². The van der Waals surface area contributed by atoms with E-state index in [9.17, 15) is 5.11 Å². The van der Waals surface area contributed by atoms with Gasteiger partial charge in [-0.05, 0) is 120 Å². The highest BCUT2D eigenvalue weighted by Crippen LogP contribution is 2.41. The van der Waals surface area contributed by atoms with Crippen molar-refractivity contribution in [3.05, 3.63) is 41.5 Å².